The number of fused-ring (bicyclic) bond motifs is 1. The van der Waals surface area contributed by atoms with E-state index in [0.717, 1.165) is 19.5 Å². The average molecular weight is 284 g/mol. The zero-order valence-corrected chi connectivity index (χ0v) is 11.1. The first-order valence-electron chi connectivity index (χ1n) is 6.18. The van der Waals surface area contributed by atoms with E-state index in [9.17, 15) is 8.42 Å². The lowest BCUT2D eigenvalue weighted by atomic mass is 9.92. The van der Waals surface area contributed by atoms with E-state index in [1.54, 1.807) is 12.2 Å². The molecule has 1 fully saturated rings. The van der Waals surface area contributed by atoms with Crippen molar-refractivity contribution in [3.63, 3.8) is 0 Å². The molecule has 0 bridgehead atoms. The summed E-state index contributed by atoms with van der Waals surface area (Å²) in [6.45, 7) is 1.72. The first-order valence-corrected chi connectivity index (χ1v) is 7.62. The highest BCUT2D eigenvalue weighted by molar-refractivity contribution is 7.88. The van der Waals surface area contributed by atoms with Crippen molar-refractivity contribution in [2.24, 2.45) is 16.0 Å². The molecule has 0 spiro atoms. The van der Waals surface area contributed by atoms with E-state index in [0.29, 0.717) is 5.76 Å². The highest BCUT2D eigenvalue weighted by Crippen LogP contribution is 2.28. The van der Waals surface area contributed by atoms with E-state index in [2.05, 4.69) is 14.4 Å². The van der Waals surface area contributed by atoms with Gasteiger partial charge in [0.25, 0.3) is 0 Å². The Bertz CT molecular complexity index is 560. The SMILES string of the molecule is NC1=NS(=O)(=O)NC2C=CC=C(OC3CCNC3)C12. The second kappa shape index (κ2) is 4.62. The van der Waals surface area contributed by atoms with Crippen LogP contribution in [0.3, 0.4) is 0 Å². The van der Waals surface area contributed by atoms with Crippen LogP contribution in [0.1, 0.15) is 6.42 Å². The second-order valence-electron chi connectivity index (χ2n) is 4.80. The Morgan fingerprint density at radius 2 is 2.32 bits per heavy atom. The molecule has 19 heavy (non-hydrogen) atoms. The standard InChI is InChI=1S/C11H16N4O3S/c12-11-10-8(14-19(16,17)15-11)2-1-3-9(10)18-7-4-5-13-6-7/h1-3,7-8,10,13-14H,4-6H2,(H2,12,15). The van der Waals surface area contributed by atoms with Gasteiger partial charge in [0.1, 0.15) is 17.7 Å². The Kier molecular flexibility index (Phi) is 3.08. The van der Waals surface area contributed by atoms with Gasteiger partial charge in [-0.1, -0.05) is 12.2 Å². The fourth-order valence-electron chi connectivity index (χ4n) is 2.53. The number of nitrogens with zero attached hydrogens (tertiary/aromatic N) is 1. The van der Waals surface area contributed by atoms with E-state index < -0.39 is 16.3 Å². The van der Waals surface area contributed by atoms with Crippen LogP contribution < -0.4 is 15.8 Å². The topological polar surface area (TPSA) is 106 Å². The molecule has 0 saturated carbocycles. The molecule has 0 aromatic heterocycles. The van der Waals surface area contributed by atoms with E-state index in [4.69, 9.17) is 10.5 Å². The molecule has 3 aliphatic rings. The predicted molar refractivity (Wildman–Crippen MR) is 70.5 cm³/mol. The van der Waals surface area contributed by atoms with Gasteiger partial charge in [-0.25, -0.2) is 0 Å². The number of nitrogens with one attached hydrogen (secondary N) is 2. The molecule has 7 nitrogen and oxygen atoms in total. The van der Waals surface area contributed by atoms with Crippen LogP contribution in [-0.2, 0) is 14.9 Å². The molecule has 0 aromatic rings. The summed E-state index contributed by atoms with van der Waals surface area (Å²) < 4.78 is 34.9. The van der Waals surface area contributed by atoms with Crippen molar-refractivity contribution >= 4 is 16.0 Å². The molecule has 4 N–H and O–H groups in total. The summed E-state index contributed by atoms with van der Waals surface area (Å²) in [5.41, 5.74) is 5.79. The molecule has 3 unspecified atom stereocenters. The predicted octanol–water partition coefficient (Wildman–Crippen LogP) is -0.991. The van der Waals surface area contributed by atoms with Crippen LogP contribution in [0.25, 0.3) is 0 Å². The highest BCUT2D eigenvalue weighted by Gasteiger charge is 2.38. The number of hydrogen-bond donors (Lipinski definition) is 3. The highest BCUT2D eigenvalue weighted by atomic mass is 32.2. The summed E-state index contributed by atoms with van der Waals surface area (Å²) in [6.07, 6.45) is 6.39. The molecule has 2 heterocycles. The summed E-state index contributed by atoms with van der Waals surface area (Å²) in [4.78, 5) is 0. The van der Waals surface area contributed by atoms with Gasteiger partial charge >= 0.3 is 10.2 Å². The fourth-order valence-corrected chi connectivity index (χ4v) is 3.53. The summed E-state index contributed by atoms with van der Waals surface area (Å²) >= 11 is 0. The third-order valence-electron chi connectivity index (χ3n) is 3.39. The van der Waals surface area contributed by atoms with Crippen molar-refractivity contribution in [1.29, 1.82) is 0 Å². The average Bonchev–Trinajstić information content (AvgIpc) is 2.79. The number of nitrogens with two attached hydrogens (primary N) is 1. The number of amidine groups is 1. The first-order chi connectivity index (χ1) is 9.05. The van der Waals surface area contributed by atoms with Crippen LogP contribution in [0.2, 0.25) is 0 Å². The Balaban J connectivity index is 1.85. The molecule has 104 valence electrons. The van der Waals surface area contributed by atoms with Gasteiger partial charge in [-0.3, -0.25) is 0 Å². The Labute approximate surface area is 111 Å². The Morgan fingerprint density at radius 3 is 3.05 bits per heavy atom. The van der Waals surface area contributed by atoms with Gasteiger partial charge in [0.2, 0.25) is 0 Å². The van der Waals surface area contributed by atoms with Crippen LogP contribution >= 0.6 is 0 Å². The van der Waals surface area contributed by atoms with Gasteiger partial charge in [-0.05, 0) is 19.0 Å². The van der Waals surface area contributed by atoms with Crippen molar-refractivity contribution in [3.8, 4) is 0 Å². The van der Waals surface area contributed by atoms with Gasteiger partial charge in [0.15, 0.2) is 0 Å². The zero-order valence-electron chi connectivity index (χ0n) is 10.2. The maximum atomic E-state index is 11.5. The van der Waals surface area contributed by atoms with Crippen molar-refractivity contribution < 1.29 is 13.2 Å². The van der Waals surface area contributed by atoms with Crippen LogP contribution in [0.4, 0.5) is 0 Å². The van der Waals surface area contributed by atoms with Crippen LogP contribution in [0.15, 0.2) is 28.4 Å². The number of ether oxygens (including phenoxy) is 1. The second-order valence-corrected chi connectivity index (χ2v) is 6.17. The molecule has 1 aliphatic carbocycles. The third kappa shape index (κ3) is 2.51. The fraction of sp³-hybridized carbons (Fsp3) is 0.545. The van der Waals surface area contributed by atoms with Crippen molar-refractivity contribution in [1.82, 2.24) is 10.0 Å². The minimum atomic E-state index is -3.69. The number of hydrogen-bond acceptors (Lipinski definition) is 5. The van der Waals surface area contributed by atoms with Gasteiger partial charge < -0.3 is 15.8 Å². The van der Waals surface area contributed by atoms with E-state index in [1.165, 1.54) is 0 Å². The molecular formula is C11H16N4O3S. The van der Waals surface area contributed by atoms with Crippen LogP contribution in [-0.4, -0.2) is 39.5 Å². The zero-order chi connectivity index (χ0) is 13.5. The Hall–Kier alpha value is -1.38. The van der Waals surface area contributed by atoms with Gasteiger partial charge in [-0.15, -0.1) is 4.40 Å². The van der Waals surface area contributed by atoms with E-state index in [1.807, 2.05) is 6.08 Å². The Morgan fingerprint density at radius 1 is 1.47 bits per heavy atom. The summed E-state index contributed by atoms with van der Waals surface area (Å²) in [5, 5.41) is 3.22. The molecule has 1 saturated heterocycles. The minimum absolute atomic E-state index is 0.0744. The largest absolute Gasteiger partial charge is 0.493 e. The van der Waals surface area contributed by atoms with Crippen LogP contribution in [0.5, 0.6) is 0 Å². The lowest BCUT2D eigenvalue weighted by molar-refractivity contribution is 0.113. The van der Waals surface area contributed by atoms with Gasteiger partial charge in [0.05, 0.1) is 12.0 Å². The monoisotopic (exact) mass is 284 g/mol. The van der Waals surface area contributed by atoms with E-state index in [-0.39, 0.29) is 17.9 Å². The lowest BCUT2D eigenvalue weighted by Gasteiger charge is -2.32. The first kappa shape index (κ1) is 12.6. The summed E-state index contributed by atoms with van der Waals surface area (Å²) in [5.74, 6) is 0.393. The molecule has 0 radical (unpaired) electrons. The maximum Gasteiger partial charge on any atom is 0.322 e. The minimum Gasteiger partial charge on any atom is -0.493 e. The van der Waals surface area contributed by atoms with Crippen molar-refractivity contribution in [2.75, 3.05) is 13.1 Å². The molecule has 0 amide bonds. The third-order valence-corrected chi connectivity index (χ3v) is 4.41. The smallest absolute Gasteiger partial charge is 0.322 e. The quantitative estimate of drug-likeness (QED) is 0.603. The summed E-state index contributed by atoms with van der Waals surface area (Å²) in [6, 6.07) is -0.420. The molecular weight excluding hydrogens is 268 g/mol. The molecule has 3 rings (SSSR count). The normalized spacial score (nSPS) is 36.3. The number of allylic oxidation sites excluding steroid dienone is 2. The van der Waals surface area contributed by atoms with Gasteiger partial charge in [-0.2, -0.15) is 13.1 Å². The summed E-state index contributed by atoms with van der Waals surface area (Å²) in [7, 11) is -3.69. The molecule has 0 aromatic carbocycles. The van der Waals surface area contributed by atoms with Gasteiger partial charge in [0, 0.05) is 6.54 Å². The van der Waals surface area contributed by atoms with Crippen LogP contribution in [0, 0.1) is 5.92 Å². The van der Waals surface area contributed by atoms with Crippen molar-refractivity contribution in [2.45, 2.75) is 18.6 Å². The maximum absolute atomic E-state index is 11.5. The molecule has 8 heteroatoms. The van der Waals surface area contributed by atoms with E-state index >= 15 is 0 Å². The van der Waals surface area contributed by atoms with Crippen molar-refractivity contribution in [3.05, 3.63) is 24.0 Å². The number of rotatable bonds is 2. The lowest BCUT2D eigenvalue weighted by Crippen LogP contribution is -2.50. The molecule has 3 atom stereocenters. The molecule has 2 aliphatic heterocycles.